The summed E-state index contributed by atoms with van der Waals surface area (Å²) in [6, 6.07) is 6.35. The fraction of sp³-hybridized carbons (Fsp3) is 0.609. The van der Waals surface area contributed by atoms with E-state index in [0.29, 0.717) is 16.6 Å². The average molecular weight is 467 g/mol. The van der Waals surface area contributed by atoms with Crippen LogP contribution >= 0.6 is 15.9 Å². The van der Waals surface area contributed by atoms with Crippen molar-refractivity contribution in [2.75, 3.05) is 19.5 Å². The van der Waals surface area contributed by atoms with Crippen molar-refractivity contribution >= 4 is 35.5 Å². The van der Waals surface area contributed by atoms with Crippen LogP contribution < -0.4 is 4.74 Å². The molecular formula is C23H36BrNO2Si. The molecule has 1 heterocycles. The molecule has 0 unspecified atom stereocenters. The van der Waals surface area contributed by atoms with Crippen molar-refractivity contribution in [2.45, 2.75) is 70.6 Å². The van der Waals surface area contributed by atoms with Gasteiger partial charge in [0.2, 0.25) is 0 Å². The summed E-state index contributed by atoms with van der Waals surface area (Å²) >= 11 is 3.62. The molecule has 1 atom stereocenters. The smallest absolute Gasteiger partial charge is 0.253 e. The summed E-state index contributed by atoms with van der Waals surface area (Å²) < 4.78 is 5.51. The Bertz CT molecular complexity index is 720. The van der Waals surface area contributed by atoms with Crippen LogP contribution in [-0.4, -0.2) is 44.4 Å². The van der Waals surface area contributed by atoms with Crippen molar-refractivity contribution in [3.05, 3.63) is 35.0 Å². The van der Waals surface area contributed by atoms with Crippen LogP contribution in [0.1, 0.15) is 52.7 Å². The molecule has 1 aromatic rings. The van der Waals surface area contributed by atoms with Crippen molar-refractivity contribution in [3.8, 4) is 5.75 Å². The minimum absolute atomic E-state index is 0.135. The molecule has 0 aliphatic carbocycles. The maximum atomic E-state index is 13.6. The zero-order valence-corrected chi connectivity index (χ0v) is 21.3. The van der Waals surface area contributed by atoms with Gasteiger partial charge in [0.1, 0.15) is 5.75 Å². The highest BCUT2D eigenvalue weighted by atomic mass is 79.9. The van der Waals surface area contributed by atoms with Gasteiger partial charge >= 0.3 is 0 Å². The van der Waals surface area contributed by atoms with Gasteiger partial charge in [0.05, 0.1) is 15.2 Å². The number of alkyl halides is 1. The Morgan fingerprint density at radius 3 is 2.21 bits per heavy atom. The lowest BCUT2D eigenvalue weighted by molar-refractivity contribution is -0.125. The molecule has 0 aromatic heterocycles. The second-order valence-electron chi connectivity index (χ2n) is 8.97. The quantitative estimate of drug-likeness (QED) is 0.289. The summed E-state index contributed by atoms with van der Waals surface area (Å²) in [4.78, 5) is 15.6. The molecule has 0 fully saturated rings. The highest BCUT2D eigenvalue weighted by Gasteiger charge is 2.43. The van der Waals surface area contributed by atoms with E-state index >= 15 is 0 Å². The van der Waals surface area contributed by atoms with Crippen LogP contribution in [0.25, 0.3) is 5.57 Å². The maximum absolute atomic E-state index is 13.6. The van der Waals surface area contributed by atoms with Gasteiger partial charge < -0.3 is 9.64 Å². The molecule has 5 heteroatoms. The van der Waals surface area contributed by atoms with Crippen LogP contribution in [0, 0.1) is 0 Å². The number of carbonyl (C=O) groups is 1. The maximum Gasteiger partial charge on any atom is 0.253 e. The van der Waals surface area contributed by atoms with Gasteiger partial charge in [0.15, 0.2) is 0 Å². The van der Waals surface area contributed by atoms with Crippen LogP contribution in [-0.2, 0) is 11.2 Å². The highest BCUT2D eigenvalue weighted by Crippen LogP contribution is 2.45. The Morgan fingerprint density at radius 2 is 1.75 bits per heavy atom. The number of fused-ring (bicyclic) bond motifs is 1. The number of benzene rings is 1. The summed E-state index contributed by atoms with van der Waals surface area (Å²) in [5, 5.41) is 0.773. The van der Waals surface area contributed by atoms with Gasteiger partial charge in [-0.05, 0) is 46.3 Å². The van der Waals surface area contributed by atoms with Gasteiger partial charge in [-0.1, -0.05) is 69.2 Å². The molecule has 0 spiro atoms. The standard InChI is InChI=1S/C23H36BrNO2Si/c1-15(2)28(16(3)4,17(5)6)14-22-21-12-20(27-8)10-9-18(21)11-19(13-24)25(7)23(22)26/h9-10,12,14-17,19H,11,13H2,1-8H3/b22-14-/t19-/m1/s1. The van der Waals surface area contributed by atoms with Gasteiger partial charge in [-0.15, -0.1) is 0 Å². The van der Waals surface area contributed by atoms with Crippen molar-refractivity contribution in [3.63, 3.8) is 0 Å². The van der Waals surface area contributed by atoms with Gasteiger partial charge in [-0.3, -0.25) is 4.79 Å². The van der Waals surface area contributed by atoms with Gasteiger partial charge in [0.25, 0.3) is 5.91 Å². The number of amides is 1. The third-order valence-corrected chi connectivity index (χ3v) is 14.3. The number of rotatable bonds is 6. The molecule has 0 radical (unpaired) electrons. The van der Waals surface area contributed by atoms with Gasteiger partial charge in [0, 0.05) is 24.0 Å². The van der Waals surface area contributed by atoms with Crippen LogP contribution in [0.15, 0.2) is 23.9 Å². The molecule has 0 N–H and O–H groups in total. The van der Waals surface area contributed by atoms with Crippen molar-refractivity contribution in [1.82, 2.24) is 4.90 Å². The number of ether oxygens (including phenoxy) is 1. The number of hydrogen-bond acceptors (Lipinski definition) is 2. The first kappa shape index (κ1) is 23.2. The normalized spacial score (nSPS) is 19.6. The highest BCUT2D eigenvalue weighted by molar-refractivity contribution is 9.09. The number of likely N-dealkylation sites (N-methyl/N-ethyl adjacent to an activating group) is 1. The molecule has 2 rings (SSSR count). The molecule has 1 aromatic carbocycles. The van der Waals surface area contributed by atoms with Crippen molar-refractivity contribution < 1.29 is 9.53 Å². The fourth-order valence-electron chi connectivity index (χ4n) is 5.02. The minimum atomic E-state index is -1.90. The van der Waals surface area contributed by atoms with Crippen molar-refractivity contribution in [2.24, 2.45) is 0 Å². The van der Waals surface area contributed by atoms with E-state index in [4.69, 9.17) is 4.74 Å². The zero-order valence-electron chi connectivity index (χ0n) is 18.7. The Labute approximate surface area is 180 Å². The van der Waals surface area contributed by atoms with E-state index in [2.05, 4.69) is 75.3 Å². The van der Waals surface area contributed by atoms with Crippen LogP contribution in [0.3, 0.4) is 0 Å². The SMILES string of the molecule is COc1ccc2c(c1)/C(=C/[Si](C(C)C)(C(C)C)C(C)C)C(=O)N(C)[C@@H](CBr)C2. The monoisotopic (exact) mass is 465 g/mol. The lowest BCUT2D eigenvalue weighted by Crippen LogP contribution is -2.44. The first-order chi connectivity index (χ1) is 13.1. The van der Waals surface area contributed by atoms with E-state index in [0.717, 1.165) is 28.6 Å². The molecule has 1 aliphatic rings. The van der Waals surface area contributed by atoms with Gasteiger partial charge in [-0.2, -0.15) is 0 Å². The molecule has 0 bridgehead atoms. The number of methoxy groups -OCH3 is 1. The third kappa shape index (κ3) is 4.11. The molecule has 28 heavy (non-hydrogen) atoms. The summed E-state index contributed by atoms with van der Waals surface area (Å²) in [5.41, 5.74) is 7.27. The summed E-state index contributed by atoms with van der Waals surface area (Å²) in [6.07, 6.45) is 0.851. The average Bonchev–Trinajstić information content (AvgIpc) is 2.74. The Hall–Kier alpha value is -1.07. The first-order valence-corrected chi connectivity index (χ1v) is 13.8. The molecule has 3 nitrogen and oxygen atoms in total. The Morgan fingerprint density at radius 1 is 1.18 bits per heavy atom. The number of carbonyl (C=O) groups excluding carboxylic acids is 1. The first-order valence-electron chi connectivity index (χ1n) is 10.3. The van der Waals surface area contributed by atoms with E-state index in [1.807, 2.05) is 18.0 Å². The molecule has 1 amide bonds. The molecule has 156 valence electrons. The van der Waals surface area contributed by atoms with E-state index in [1.165, 1.54) is 5.56 Å². The Kier molecular flexibility index (Phi) is 7.60. The number of hydrogen-bond donors (Lipinski definition) is 0. The van der Waals surface area contributed by atoms with E-state index in [1.54, 1.807) is 7.11 Å². The topological polar surface area (TPSA) is 29.5 Å². The third-order valence-electron chi connectivity index (χ3n) is 6.73. The number of halogens is 1. The molecular weight excluding hydrogens is 430 g/mol. The summed E-state index contributed by atoms with van der Waals surface area (Å²) in [7, 11) is 1.73. The van der Waals surface area contributed by atoms with Gasteiger partial charge in [-0.25, -0.2) is 0 Å². The van der Waals surface area contributed by atoms with Crippen LogP contribution in [0.2, 0.25) is 16.6 Å². The second kappa shape index (κ2) is 9.16. The summed E-state index contributed by atoms with van der Waals surface area (Å²) in [5.74, 6) is 0.943. The minimum Gasteiger partial charge on any atom is -0.497 e. The van der Waals surface area contributed by atoms with Crippen LogP contribution in [0.4, 0.5) is 0 Å². The van der Waals surface area contributed by atoms with E-state index in [-0.39, 0.29) is 11.9 Å². The fourth-order valence-corrected chi connectivity index (χ4v) is 11.5. The predicted molar refractivity (Wildman–Crippen MR) is 126 cm³/mol. The lowest BCUT2D eigenvalue weighted by atomic mass is 9.98. The molecule has 0 saturated heterocycles. The molecule has 1 aliphatic heterocycles. The second-order valence-corrected chi connectivity index (χ2v) is 15.4. The largest absolute Gasteiger partial charge is 0.497 e. The van der Waals surface area contributed by atoms with E-state index in [9.17, 15) is 4.79 Å². The predicted octanol–water partition coefficient (Wildman–Crippen LogP) is 6.07. The number of nitrogens with zero attached hydrogens (tertiary/aromatic N) is 1. The lowest BCUT2D eigenvalue weighted by Gasteiger charge is -2.41. The summed E-state index contributed by atoms with van der Waals surface area (Å²) in [6.45, 7) is 14.0. The van der Waals surface area contributed by atoms with Crippen LogP contribution in [0.5, 0.6) is 5.75 Å². The van der Waals surface area contributed by atoms with E-state index < -0.39 is 8.07 Å². The zero-order chi connectivity index (χ0) is 21.2. The van der Waals surface area contributed by atoms with Crippen molar-refractivity contribution in [1.29, 1.82) is 0 Å². The Balaban J connectivity index is 2.82. The molecule has 0 saturated carbocycles.